The third kappa shape index (κ3) is 3.85. The van der Waals surface area contributed by atoms with Crippen molar-refractivity contribution in [3.05, 3.63) is 91.6 Å². The van der Waals surface area contributed by atoms with Crippen molar-refractivity contribution in [1.29, 1.82) is 0 Å². The minimum atomic E-state index is -0.599. The van der Waals surface area contributed by atoms with Gasteiger partial charge in [-0.1, -0.05) is 6.07 Å². The summed E-state index contributed by atoms with van der Waals surface area (Å²) in [6.45, 7) is -0.218. The molecule has 29 heavy (non-hydrogen) atoms. The molecule has 1 N–H and O–H groups in total. The van der Waals surface area contributed by atoms with Crippen LogP contribution >= 0.6 is 11.3 Å². The second-order valence-electron chi connectivity index (χ2n) is 6.27. The van der Waals surface area contributed by atoms with E-state index in [0.717, 1.165) is 9.44 Å². The molecule has 3 heterocycles. The zero-order valence-corrected chi connectivity index (χ0v) is 15.9. The summed E-state index contributed by atoms with van der Waals surface area (Å²) in [6, 6.07) is 12.1. The van der Waals surface area contributed by atoms with E-state index < -0.39 is 23.0 Å². The molecule has 146 valence electrons. The van der Waals surface area contributed by atoms with Gasteiger partial charge in [0.25, 0.3) is 5.56 Å². The van der Waals surface area contributed by atoms with E-state index in [4.69, 9.17) is 0 Å². The Morgan fingerprint density at radius 1 is 1.07 bits per heavy atom. The average Bonchev–Trinajstić information content (AvgIpc) is 3.23. The number of fused-ring (bicyclic) bond motifs is 1. The topological polar surface area (TPSA) is 86.0 Å². The number of pyridine rings is 1. The van der Waals surface area contributed by atoms with Crippen LogP contribution in [-0.2, 0) is 17.9 Å². The first-order chi connectivity index (χ1) is 14.0. The molecular formula is C20H15FN4O3S. The summed E-state index contributed by atoms with van der Waals surface area (Å²) in [5, 5.41) is 4.47. The van der Waals surface area contributed by atoms with E-state index in [9.17, 15) is 18.8 Å². The molecular weight excluding hydrogens is 395 g/mol. The zero-order chi connectivity index (χ0) is 20.4. The molecule has 1 aromatic carbocycles. The lowest BCUT2D eigenvalue weighted by atomic mass is 10.3. The fourth-order valence-corrected chi connectivity index (χ4v) is 3.66. The van der Waals surface area contributed by atoms with Gasteiger partial charge in [-0.05, 0) is 47.8 Å². The molecule has 3 aromatic heterocycles. The Bertz CT molecular complexity index is 1290. The fraction of sp³-hybridized carbons (Fsp3) is 0.100. The van der Waals surface area contributed by atoms with Gasteiger partial charge < -0.3 is 5.32 Å². The Labute approximate surface area is 167 Å². The lowest BCUT2D eigenvalue weighted by Gasteiger charge is -2.13. The van der Waals surface area contributed by atoms with Crippen molar-refractivity contribution >= 4 is 34.0 Å². The second-order valence-corrected chi connectivity index (χ2v) is 7.30. The maximum Gasteiger partial charge on any atom is 0.332 e. The van der Waals surface area contributed by atoms with Crippen LogP contribution < -0.4 is 16.6 Å². The SMILES string of the molecule is O=C(Cn1c(=O)n(Cc2cccs2)c(=O)c2ncccc21)Nc1ccc(F)cc1. The van der Waals surface area contributed by atoms with Crippen LogP contribution in [0, 0.1) is 5.82 Å². The number of halogens is 1. The monoisotopic (exact) mass is 410 g/mol. The smallest absolute Gasteiger partial charge is 0.325 e. The minimum Gasteiger partial charge on any atom is -0.325 e. The predicted octanol–water partition coefficient (Wildman–Crippen LogP) is 2.45. The molecule has 0 radical (unpaired) electrons. The Kier molecular flexibility index (Phi) is 5.05. The largest absolute Gasteiger partial charge is 0.332 e. The highest BCUT2D eigenvalue weighted by Gasteiger charge is 2.16. The number of amides is 1. The number of benzene rings is 1. The Morgan fingerprint density at radius 3 is 2.59 bits per heavy atom. The van der Waals surface area contributed by atoms with Crippen molar-refractivity contribution in [1.82, 2.24) is 14.1 Å². The molecule has 0 bridgehead atoms. The summed E-state index contributed by atoms with van der Waals surface area (Å²) in [4.78, 5) is 43.3. The van der Waals surface area contributed by atoms with E-state index in [0.29, 0.717) is 5.69 Å². The van der Waals surface area contributed by atoms with Crippen LogP contribution in [0.4, 0.5) is 10.1 Å². The molecule has 0 atom stereocenters. The van der Waals surface area contributed by atoms with Gasteiger partial charge in [0, 0.05) is 16.8 Å². The summed E-state index contributed by atoms with van der Waals surface area (Å²) in [5.74, 6) is -0.901. The highest BCUT2D eigenvalue weighted by molar-refractivity contribution is 7.09. The standard InChI is InChI=1S/C20H15FN4O3S/c21-13-5-7-14(8-6-13)23-17(26)12-24-16-4-1-9-22-18(16)19(27)25(20(24)28)11-15-3-2-10-29-15/h1-10H,11-12H2,(H,23,26). The van der Waals surface area contributed by atoms with Gasteiger partial charge in [0.1, 0.15) is 12.4 Å². The molecule has 0 saturated heterocycles. The van der Waals surface area contributed by atoms with Crippen molar-refractivity contribution in [2.24, 2.45) is 0 Å². The molecule has 0 unspecified atom stereocenters. The second kappa shape index (κ2) is 7.80. The number of carbonyl (C=O) groups excluding carboxylic acids is 1. The van der Waals surface area contributed by atoms with Crippen LogP contribution in [0.15, 0.2) is 69.7 Å². The van der Waals surface area contributed by atoms with Gasteiger partial charge in [-0.25, -0.2) is 14.2 Å². The maximum absolute atomic E-state index is 13.0. The number of nitrogens with one attached hydrogen (secondary N) is 1. The number of hydrogen-bond donors (Lipinski definition) is 1. The third-order valence-corrected chi connectivity index (χ3v) is 5.17. The molecule has 1 amide bonds. The van der Waals surface area contributed by atoms with Crippen molar-refractivity contribution in [3.8, 4) is 0 Å². The lowest BCUT2D eigenvalue weighted by Crippen LogP contribution is -2.42. The average molecular weight is 410 g/mol. The van der Waals surface area contributed by atoms with E-state index in [1.807, 2.05) is 17.5 Å². The van der Waals surface area contributed by atoms with Gasteiger partial charge in [-0.15, -0.1) is 11.3 Å². The zero-order valence-electron chi connectivity index (χ0n) is 15.0. The summed E-state index contributed by atoms with van der Waals surface area (Å²) < 4.78 is 15.3. The van der Waals surface area contributed by atoms with Crippen LogP contribution in [0.25, 0.3) is 11.0 Å². The maximum atomic E-state index is 13.0. The van der Waals surface area contributed by atoms with Crippen molar-refractivity contribution in [3.63, 3.8) is 0 Å². The molecule has 0 saturated carbocycles. The first kappa shape index (κ1) is 18.8. The van der Waals surface area contributed by atoms with E-state index in [1.165, 1.54) is 46.4 Å². The number of aromatic nitrogens is 3. The summed E-state index contributed by atoms with van der Waals surface area (Å²) in [7, 11) is 0. The molecule has 0 spiro atoms. The number of hydrogen-bond acceptors (Lipinski definition) is 5. The van der Waals surface area contributed by atoms with Crippen molar-refractivity contribution < 1.29 is 9.18 Å². The number of rotatable bonds is 5. The summed E-state index contributed by atoms with van der Waals surface area (Å²) in [6.07, 6.45) is 1.46. The predicted molar refractivity (Wildman–Crippen MR) is 109 cm³/mol. The molecule has 7 nitrogen and oxygen atoms in total. The van der Waals surface area contributed by atoms with Gasteiger partial charge >= 0.3 is 5.69 Å². The third-order valence-electron chi connectivity index (χ3n) is 4.31. The molecule has 0 aliphatic heterocycles. The van der Waals surface area contributed by atoms with E-state index >= 15 is 0 Å². The molecule has 4 rings (SSSR count). The normalized spacial score (nSPS) is 10.9. The first-order valence-electron chi connectivity index (χ1n) is 8.69. The highest BCUT2D eigenvalue weighted by atomic mass is 32.1. The van der Waals surface area contributed by atoms with Crippen LogP contribution in [0.2, 0.25) is 0 Å². The van der Waals surface area contributed by atoms with Gasteiger partial charge in [-0.2, -0.15) is 0 Å². The van der Waals surface area contributed by atoms with Crippen LogP contribution in [-0.4, -0.2) is 20.0 Å². The summed E-state index contributed by atoms with van der Waals surface area (Å²) >= 11 is 1.43. The van der Waals surface area contributed by atoms with Crippen LogP contribution in [0.3, 0.4) is 0 Å². The quantitative estimate of drug-likeness (QED) is 0.548. The van der Waals surface area contributed by atoms with E-state index in [-0.39, 0.29) is 24.1 Å². The van der Waals surface area contributed by atoms with E-state index in [2.05, 4.69) is 10.3 Å². The van der Waals surface area contributed by atoms with Gasteiger partial charge in [0.05, 0.1) is 12.1 Å². The van der Waals surface area contributed by atoms with Gasteiger partial charge in [-0.3, -0.25) is 18.7 Å². The summed E-state index contributed by atoms with van der Waals surface area (Å²) in [5.41, 5.74) is -0.316. The first-order valence-corrected chi connectivity index (χ1v) is 9.57. The Balaban J connectivity index is 1.74. The fourth-order valence-electron chi connectivity index (χ4n) is 2.97. The molecule has 0 aliphatic rings. The van der Waals surface area contributed by atoms with Gasteiger partial charge in [0.15, 0.2) is 5.52 Å². The van der Waals surface area contributed by atoms with E-state index in [1.54, 1.807) is 12.1 Å². The number of nitrogens with zero attached hydrogens (tertiary/aromatic N) is 3. The number of carbonyl (C=O) groups is 1. The van der Waals surface area contributed by atoms with Crippen molar-refractivity contribution in [2.75, 3.05) is 5.32 Å². The molecule has 4 aromatic rings. The van der Waals surface area contributed by atoms with Crippen LogP contribution in [0.5, 0.6) is 0 Å². The van der Waals surface area contributed by atoms with Gasteiger partial charge in [0.2, 0.25) is 5.91 Å². The Morgan fingerprint density at radius 2 is 1.86 bits per heavy atom. The molecule has 0 aliphatic carbocycles. The number of thiophene rings is 1. The minimum absolute atomic E-state index is 0.0986. The van der Waals surface area contributed by atoms with Crippen molar-refractivity contribution in [2.45, 2.75) is 13.1 Å². The van der Waals surface area contributed by atoms with Crippen LogP contribution in [0.1, 0.15) is 4.88 Å². The Hall–Kier alpha value is -3.59. The molecule has 9 heteroatoms. The lowest BCUT2D eigenvalue weighted by molar-refractivity contribution is -0.116. The molecule has 0 fully saturated rings. The number of anilines is 1. The highest BCUT2D eigenvalue weighted by Crippen LogP contribution is 2.11.